The first kappa shape index (κ1) is 37.6. The average molecular weight is 742 g/mol. The van der Waals surface area contributed by atoms with Crippen LogP contribution in [-0.4, -0.2) is 89.2 Å². The quantitative estimate of drug-likeness (QED) is 0.369. The van der Waals surface area contributed by atoms with Crippen molar-refractivity contribution < 1.29 is 41.9 Å². The molecule has 0 spiro atoms. The maximum absolute atomic E-state index is 14.5. The second-order valence-electron chi connectivity index (χ2n) is 16.6. The largest absolute Gasteiger partial charge is 0.444 e. The van der Waals surface area contributed by atoms with Gasteiger partial charge in [-0.2, -0.15) is 0 Å². The average Bonchev–Trinajstić information content (AvgIpc) is 3.94. The molecule has 14 nitrogen and oxygen atoms in total. The summed E-state index contributed by atoms with van der Waals surface area (Å²) < 4.78 is 39.3. The molecule has 3 fully saturated rings. The second-order valence-corrected chi connectivity index (χ2v) is 18.6. The Morgan fingerprint density at radius 3 is 2.44 bits per heavy atom. The van der Waals surface area contributed by atoms with E-state index in [4.69, 9.17) is 9.47 Å². The van der Waals surface area contributed by atoms with Gasteiger partial charge in [0.05, 0.1) is 11.8 Å². The van der Waals surface area contributed by atoms with Crippen LogP contribution in [0.1, 0.15) is 96.3 Å². The standard InChI is InChI=1S/C37H51N5O9S/c1-7-24-18-37(24,32(45)40-52(48,49)26-14-15-26)39-30(43)28-17-25-20-42(28)31(44)29(35(2,3)4)38-33(46)51-36(5,6)16-9-8-11-22-12-10-13-23-19-41(21-27(22)23)34(47)50-25/h7,10,12-13,24-26,28-29H,1,8-9,11,14-21H2,2-6H3,(H,38,46)(H,39,43)(H,40,45)/t24-,25+,28-,29+,37+/m0/s1. The van der Waals surface area contributed by atoms with Gasteiger partial charge in [0.15, 0.2) is 0 Å². The van der Waals surface area contributed by atoms with Gasteiger partial charge in [-0.05, 0) is 80.9 Å². The monoisotopic (exact) mass is 741 g/mol. The molecule has 6 rings (SSSR count). The number of ether oxygens (including phenoxy) is 2. The first-order valence-electron chi connectivity index (χ1n) is 18.2. The van der Waals surface area contributed by atoms with Gasteiger partial charge in [-0.15, -0.1) is 6.58 Å². The molecule has 52 heavy (non-hydrogen) atoms. The lowest BCUT2D eigenvalue weighted by Crippen LogP contribution is -2.60. The van der Waals surface area contributed by atoms with E-state index in [9.17, 15) is 32.4 Å². The highest BCUT2D eigenvalue weighted by Crippen LogP contribution is 2.45. The highest BCUT2D eigenvalue weighted by atomic mass is 32.2. The van der Waals surface area contributed by atoms with Gasteiger partial charge in [-0.25, -0.2) is 18.0 Å². The number of fused-ring (bicyclic) bond motifs is 3. The number of amides is 5. The smallest absolute Gasteiger partial charge is 0.410 e. The van der Waals surface area contributed by atoms with Crippen LogP contribution in [0.3, 0.4) is 0 Å². The van der Waals surface area contributed by atoms with E-state index in [1.165, 1.54) is 11.0 Å². The summed E-state index contributed by atoms with van der Waals surface area (Å²) >= 11 is 0. The van der Waals surface area contributed by atoms with Crippen molar-refractivity contribution in [3.63, 3.8) is 0 Å². The number of aryl methyl sites for hydroxylation is 1. The zero-order chi connectivity index (χ0) is 37.8. The fourth-order valence-electron chi connectivity index (χ4n) is 7.60. The normalized spacial score (nSPS) is 29.4. The van der Waals surface area contributed by atoms with E-state index in [-0.39, 0.29) is 19.4 Å². The molecule has 1 aromatic rings. The summed E-state index contributed by atoms with van der Waals surface area (Å²) in [4.78, 5) is 72.0. The van der Waals surface area contributed by atoms with Crippen LogP contribution in [0.2, 0.25) is 0 Å². The summed E-state index contributed by atoms with van der Waals surface area (Å²) in [6, 6.07) is 3.68. The van der Waals surface area contributed by atoms with Gasteiger partial charge in [0.2, 0.25) is 21.8 Å². The minimum atomic E-state index is -3.91. The predicted octanol–water partition coefficient (Wildman–Crippen LogP) is 3.42. The molecule has 1 saturated heterocycles. The highest BCUT2D eigenvalue weighted by Gasteiger charge is 2.62. The Hall–Kier alpha value is -4.14. The number of benzene rings is 1. The topological polar surface area (TPSA) is 181 Å². The van der Waals surface area contributed by atoms with E-state index in [0.717, 1.165) is 36.0 Å². The summed E-state index contributed by atoms with van der Waals surface area (Å²) in [5, 5.41) is 4.85. The molecular formula is C37H51N5O9S. The molecule has 0 radical (unpaired) electrons. The van der Waals surface area contributed by atoms with Crippen LogP contribution in [-0.2, 0) is 53.4 Å². The van der Waals surface area contributed by atoms with Crippen molar-refractivity contribution in [3.05, 3.63) is 47.5 Å². The molecule has 3 aliphatic heterocycles. The number of hydrogen-bond donors (Lipinski definition) is 3. The van der Waals surface area contributed by atoms with Gasteiger partial charge < -0.3 is 25.0 Å². The first-order chi connectivity index (χ1) is 24.3. The van der Waals surface area contributed by atoms with Crippen molar-refractivity contribution in [2.75, 3.05) is 6.54 Å². The van der Waals surface area contributed by atoms with Crippen LogP contribution in [0, 0.1) is 11.3 Å². The molecular weight excluding hydrogens is 691 g/mol. The predicted molar refractivity (Wildman–Crippen MR) is 190 cm³/mol. The molecule has 0 unspecified atom stereocenters. The van der Waals surface area contributed by atoms with E-state index in [2.05, 4.69) is 28.0 Å². The Bertz CT molecular complexity index is 1770. The number of carbonyl (C=O) groups is 5. The Labute approximate surface area is 305 Å². The third-order valence-electron chi connectivity index (χ3n) is 10.9. The van der Waals surface area contributed by atoms with Gasteiger partial charge in [-0.3, -0.25) is 24.0 Å². The summed E-state index contributed by atoms with van der Waals surface area (Å²) in [5.41, 5.74) is 0.00938. The molecule has 4 bridgehead atoms. The molecule has 284 valence electrons. The number of nitrogens with one attached hydrogen (secondary N) is 3. The maximum Gasteiger partial charge on any atom is 0.410 e. The van der Waals surface area contributed by atoms with Crippen LogP contribution in [0.25, 0.3) is 0 Å². The molecule has 1 aromatic carbocycles. The zero-order valence-corrected chi connectivity index (χ0v) is 31.5. The summed E-state index contributed by atoms with van der Waals surface area (Å²) in [6.07, 6.45) is 3.18. The van der Waals surface area contributed by atoms with Crippen molar-refractivity contribution in [2.24, 2.45) is 11.3 Å². The van der Waals surface area contributed by atoms with Crippen molar-refractivity contribution in [3.8, 4) is 0 Å². The molecule has 0 aromatic heterocycles. The van der Waals surface area contributed by atoms with Crippen molar-refractivity contribution in [2.45, 2.75) is 134 Å². The van der Waals surface area contributed by atoms with Gasteiger partial charge in [-0.1, -0.05) is 45.0 Å². The van der Waals surface area contributed by atoms with E-state index in [1.807, 2.05) is 26.0 Å². The van der Waals surface area contributed by atoms with E-state index in [1.54, 1.807) is 25.7 Å². The van der Waals surface area contributed by atoms with Gasteiger partial charge >= 0.3 is 12.2 Å². The number of nitrogens with zero attached hydrogens (tertiary/aromatic N) is 2. The molecule has 15 heteroatoms. The lowest BCUT2D eigenvalue weighted by atomic mass is 9.85. The fraction of sp³-hybridized carbons (Fsp3) is 0.649. The van der Waals surface area contributed by atoms with Crippen LogP contribution in [0.15, 0.2) is 30.9 Å². The number of carbonyl (C=O) groups excluding carboxylic acids is 5. The maximum atomic E-state index is 14.5. The van der Waals surface area contributed by atoms with Crippen LogP contribution in [0.4, 0.5) is 9.59 Å². The Morgan fingerprint density at radius 1 is 1.08 bits per heavy atom. The number of sulfonamides is 1. The molecule has 3 N–H and O–H groups in total. The Kier molecular flexibility index (Phi) is 9.90. The van der Waals surface area contributed by atoms with Crippen molar-refractivity contribution >= 4 is 39.9 Å². The number of rotatable bonds is 6. The number of cyclic esters (lactones) is 1. The van der Waals surface area contributed by atoms with Gasteiger partial charge in [0.25, 0.3) is 5.91 Å². The SMILES string of the molecule is C=C[C@H]1C[C@]1(NC(=O)[C@@H]1C[C@@H]2CN1C(=O)[C@H](C(C)(C)C)NC(=O)OC(C)(C)CCCCc1cccc3c1CN(C3)C(=O)O2)C(=O)NS(=O)(=O)C1CC1. The fourth-order valence-corrected chi connectivity index (χ4v) is 8.96. The van der Waals surface area contributed by atoms with E-state index in [0.29, 0.717) is 32.4 Å². The van der Waals surface area contributed by atoms with Crippen molar-refractivity contribution in [1.82, 2.24) is 25.2 Å². The van der Waals surface area contributed by atoms with Crippen LogP contribution < -0.4 is 15.4 Å². The minimum Gasteiger partial charge on any atom is -0.444 e. The summed E-state index contributed by atoms with van der Waals surface area (Å²) in [7, 11) is -3.91. The molecule has 5 amide bonds. The molecule has 2 saturated carbocycles. The third-order valence-corrected chi connectivity index (χ3v) is 12.7. The summed E-state index contributed by atoms with van der Waals surface area (Å²) in [6.45, 7) is 13.3. The molecule has 5 aliphatic rings. The van der Waals surface area contributed by atoms with E-state index < -0.39 is 85.8 Å². The summed E-state index contributed by atoms with van der Waals surface area (Å²) in [5.74, 6) is -2.71. The van der Waals surface area contributed by atoms with Crippen molar-refractivity contribution in [1.29, 1.82) is 0 Å². The zero-order valence-electron chi connectivity index (χ0n) is 30.7. The second kappa shape index (κ2) is 13.7. The first-order valence-corrected chi connectivity index (χ1v) is 19.7. The van der Waals surface area contributed by atoms with Crippen LogP contribution in [0.5, 0.6) is 0 Å². The third kappa shape index (κ3) is 7.79. The van der Waals surface area contributed by atoms with Crippen LogP contribution >= 0.6 is 0 Å². The Morgan fingerprint density at radius 2 is 1.79 bits per heavy atom. The van der Waals surface area contributed by atoms with E-state index >= 15 is 0 Å². The molecule has 2 aliphatic carbocycles. The Balaban J connectivity index is 1.29. The van der Waals surface area contributed by atoms with Gasteiger partial charge in [0.1, 0.15) is 29.3 Å². The number of alkyl carbamates (subject to hydrolysis) is 1. The number of hydrogen-bond acceptors (Lipinski definition) is 9. The molecule has 3 heterocycles. The lowest BCUT2D eigenvalue weighted by molar-refractivity contribution is -0.143. The lowest BCUT2D eigenvalue weighted by Gasteiger charge is -2.36. The van der Waals surface area contributed by atoms with Gasteiger partial charge in [0, 0.05) is 25.4 Å². The highest BCUT2D eigenvalue weighted by molar-refractivity contribution is 7.91. The minimum absolute atomic E-state index is 0.0828. The molecule has 5 atom stereocenters.